The average molecular weight is 232 g/mol. The fraction of sp³-hybridized carbons (Fsp3) is 0.500. The summed E-state index contributed by atoms with van der Waals surface area (Å²) in [6.07, 6.45) is -4.43. The summed E-state index contributed by atoms with van der Waals surface area (Å²) in [5.74, 6) is -0.695. The van der Waals surface area contributed by atoms with Gasteiger partial charge in [0.2, 0.25) is 0 Å². The van der Waals surface area contributed by atoms with Crippen LogP contribution >= 0.6 is 0 Å². The van der Waals surface area contributed by atoms with E-state index in [2.05, 4.69) is 0 Å². The van der Waals surface area contributed by atoms with Gasteiger partial charge in [-0.05, 0) is 11.5 Å². The SMILES string of the molecule is CO[C@@](c1ccccc1)(C(C)C)C(F)(F)F. The lowest BCUT2D eigenvalue weighted by Crippen LogP contribution is -2.48. The highest BCUT2D eigenvalue weighted by Gasteiger charge is 2.58. The molecule has 0 spiro atoms. The molecule has 1 aromatic rings. The number of rotatable bonds is 3. The quantitative estimate of drug-likeness (QED) is 0.771. The van der Waals surface area contributed by atoms with Crippen molar-refractivity contribution in [3.05, 3.63) is 35.9 Å². The zero-order valence-electron chi connectivity index (χ0n) is 9.51. The molecule has 0 aromatic heterocycles. The summed E-state index contributed by atoms with van der Waals surface area (Å²) in [4.78, 5) is 0. The van der Waals surface area contributed by atoms with Crippen molar-refractivity contribution in [2.45, 2.75) is 25.6 Å². The van der Waals surface area contributed by atoms with Crippen molar-refractivity contribution in [2.24, 2.45) is 5.92 Å². The number of hydrogen-bond acceptors (Lipinski definition) is 1. The molecule has 1 atom stereocenters. The number of halogens is 3. The van der Waals surface area contributed by atoms with Gasteiger partial charge >= 0.3 is 6.18 Å². The van der Waals surface area contributed by atoms with Crippen molar-refractivity contribution < 1.29 is 17.9 Å². The van der Waals surface area contributed by atoms with Crippen LogP contribution in [0.3, 0.4) is 0 Å². The van der Waals surface area contributed by atoms with Gasteiger partial charge in [-0.2, -0.15) is 13.2 Å². The minimum absolute atomic E-state index is 0.139. The first kappa shape index (κ1) is 13.0. The van der Waals surface area contributed by atoms with Gasteiger partial charge in [0.15, 0.2) is 5.60 Å². The minimum Gasteiger partial charge on any atom is -0.364 e. The van der Waals surface area contributed by atoms with Crippen LogP contribution in [0.15, 0.2) is 30.3 Å². The van der Waals surface area contributed by atoms with Gasteiger partial charge in [-0.3, -0.25) is 0 Å². The molecule has 1 aromatic carbocycles. The second-order valence-corrected chi connectivity index (χ2v) is 3.96. The van der Waals surface area contributed by atoms with E-state index in [4.69, 9.17) is 4.74 Å². The maximum atomic E-state index is 13.2. The Morgan fingerprint density at radius 2 is 1.56 bits per heavy atom. The largest absolute Gasteiger partial charge is 0.421 e. The van der Waals surface area contributed by atoms with E-state index < -0.39 is 17.7 Å². The van der Waals surface area contributed by atoms with E-state index >= 15 is 0 Å². The van der Waals surface area contributed by atoms with E-state index in [9.17, 15) is 13.2 Å². The molecule has 0 N–H and O–H groups in total. The number of alkyl halides is 3. The molecule has 4 heteroatoms. The van der Waals surface area contributed by atoms with Gasteiger partial charge in [0.25, 0.3) is 0 Å². The Bertz CT molecular complexity index is 332. The highest BCUT2D eigenvalue weighted by Crippen LogP contribution is 2.46. The van der Waals surface area contributed by atoms with Crippen LogP contribution in [0.4, 0.5) is 13.2 Å². The van der Waals surface area contributed by atoms with Crippen LogP contribution in [0.2, 0.25) is 0 Å². The molecule has 0 radical (unpaired) electrons. The van der Waals surface area contributed by atoms with Crippen molar-refractivity contribution in [2.75, 3.05) is 7.11 Å². The van der Waals surface area contributed by atoms with Crippen LogP contribution in [0.1, 0.15) is 19.4 Å². The van der Waals surface area contributed by atoms with Crippen molar-refractivity contribution in [3.63, 3.8) is 0 Å². The zero-order chi connectivity index (χ0) is 12.4. The molecule has 0 fully saturated rings. The van der Waals surface area contributed by atoms with E-state index in [0.29, 0.717) is 0 Å². The fourth-order valence-corrected chi connectivity index (χ4v) is 1.98. The molecule has 1 nitrogen and oxygen atoms in total. The van der Waals surface area contributed by atoms with Crippen molar-refractivity contribution in [1.82, 2.24) is 0 Å². The normalized spacial score (nSPS) is 16.2. The van der Waals surface area contributed by atoms with Gasteiger partial charge in [-0.15, -0.1) is 0 Å². The predicted molar refractivity (Wildman–Crippen MR) is 56.0 cm³/mol. The molecule has 1 rings (SSSR count). The molecule has 0 aliphatic carbocycles. The van der Waals surface area contributed by atoms with E-state index in [1.807, 2.05) is 0 Å². The highest BCUT2D eigenvalue weighted by atomic mass is 19.4. The van der Waals surface area contributed by atoms with Gasteiger partial charge in [0.1, 0.15) is 0 Å². The molecular formula is C12H15F3O. The molecule has 0 unspecified atom stereocenters. The van der Waals surface area contributed by atoms with Gasteiger partial charge in [0.05, 0.1) is 0 Å². The topological polar surface area (TPSA) is 9.23 Å². The number of hydrogen-bond donors (Lipinski definition) is 0. The number of benzene rings is 1. The summed E-state index contributed by atoms with van der Waals surface area (Å²) in [5, 5.41) is 0. The minimum atomic E-state index is -4.43. The summed E-state index contributed by atoms with van der Waals surface area (Å²) in [6, 6.07) is 7.73. The standard InChI is InChI=1S/C12H15F3O/c1-9(2)11(16-3,12(13,14)15)10-7-5-4-6-8-10/h4-9H,1-3H3/t11-/m1/s1. The molecule has 0 aliphatic heterocycles. The van der Waals surface area contributed by atoms with Crippen LogP contribution in [0.5, 0.6) is 0 Å². The van der Waals surface area contributed by atoms with E-state index in [-0.39, 0.29) is 5.56 Å². The summed E-state index contributed by atoms with van der Waals surface area (Å²) < 4.78 is 44.4. The molecule has 0 amide bonds. The third kappa shape index (κ3) is 1.94. The van der Waals surface area contributed by atoms with Crippen molar-refractivity contribution >= 4 is 0 Å². The van der Waals surface area contributed by atoms with Gasteiger partial charge in [-0.25, -0.2) is 0 Å². The van der Waals surface area contributed by atoms with E-state index in [1.54, 1.807) is 18.2 Å². The predicted octanol–water partition coefficient (Wildman–Crippen LogP) is 3.75. The van der Waals surface area contributed by atoms with Crippen LogP contribution in [-0.4, -0.2) is 13.3 Å². The van der Waals surface area contributed by atoms with Gasteiger partial charge < -0.3 is 4.74 Å². The van der Waals surface area contributed by atoms with Crippen LogP contribution in [0.25, 0.3) is 0 Å². The first-order valence-electron chi connectivity index (χ1n) is 5.03. The molecule has 90 valence electrons. The Morgan fingerprint density at radius 3 is 1.88 bits per heavy atom. The zero-order valence-corrected chi connectivity index (χ0v) is 9.51. The summed E-state index contributed by atoms with van der Waals surface area (Å²) in [5.41, 5.74) is -2.09. The summed E-state index contributed by atoms with van der Waals surface area (Å²) >= 11 is 0. The lowest BCUT2D eigenvalue weighted by Gasteiger charge is -2.38. The van der Waals surface area contributed by atoms with E-state index in [0.717, 1.165) is 7.11 Å². The number of ether oxygens (including phenoxy) is 1. The lowest BCUT2D eigenvalue weighted by atomic mass is 9.82. The average Bonchev–Trinajstić information content (AvgIpc) is 2.18. The summed E-state index contributed by atoms with van der Waals surface area (Å²) in [7, 11) is 1.10. The Morgan fingerprint density at radius 1 is 1.06 bits per heavy atom. The molecule has 16 heavy (non-hydrogen) atoms. The fourth-order valence-electron chi connectivity index (χ4n) is 1.98. The molecule has 0 bridgehead atoms. The van der Waals surface area contributed by atoms with Crippen LogP contribution < -0.4 is 0 Å². The number of methoxy groups -OCH3 is 1. The van der Waals surface area contributed by atoms with E-state index in [1.165, 1.54) is 26.0 Å². The molecular weight excluding hydrogens is 217 g/mol. The maximum absolute atomic E-state index is 13.2. The second-order valence-electron chi connectivity index (χ2n) is 3.96. The Hall–Kier alpha value is -1.03. The monoisotopic (exact) mass is 232 g/mol. The molecule has 0 aliphatic rings. The van der Waals surface area contributed by atoms with Crippen LogP contribution in [-0.2, 0) is 10.3 Å². The third-order valence-electron chi connectivity index (χ3n) is 2.76. The second kappa shape index (κ2) is 4.45. The Labute approximate surface area is 93.2 Å². The summed E-state index contributed by atoms with van der Waals surface area (Å²) in [6.45, 7) is 3.01. The molecule has 0 saturated heterocycles. The molecule has 0 saturated carbocycles. The maximum Gasteiger partial charge on any atom is 0.421 e. The van der Waals surface area contributed by atoms with Crippen molar-refractivity contribution in [1.29, 1.82) is 0 Å². The first-order valence-corrected chi connectivity index (χ1v) is 5.03. The van der Waals surface area contributed by atoms with Gasteiger partial charge in [0, 0.05) is 7.11 Å². The smallest absolute Gasteiger partial charge is 0.364 e. The molecule has 0 heterocycles. The Kier molecular flexibility index (Phi) is 3.63. The lowest BCUT2D eigenvalue weighted by molar-refractivity contribution is -0.293. The third-order valence-corrected chi connectivity index (χ3v) is 2.76. The Balaban J connectivity index is 3.36. The van der Waals surface area contributed by atoms with Crippen LogP contribution in [0, 0.1) is 5.92 Å². The van der Waals surface area contributed by atoms with Crippen molar-refractivity contribution in [3.8, 4) is 0 Å². The van der Waals surface area contributed by atoms with Gasteiger partial charge in [-0.1, -0.05) is 44.2 Å². The first-order chi connectivity index (χ1) is 7.36. The highest BCUT2D eigenvalue weighted by molar-refractivity contribution is 5.25.